The molecule has 0 spiro atoms. The average molecular weight is 401 g/mol. The minimum atomic E-state index is -0.835. The zero-order valence-electron chi connectivity index (χ0n) is 15.9. The molecule has 152 valence electrons. The highest BCUT2D eigenvalue weighted by Gasteiger charge is 2.24. The third kappa shape index (κ3) is 4.04. The molecule has 1 amide bonds. The molecule has 0 radical (unpaired) electrons. The molecule has 0 aliphatic carbocycles. The molecule has 2 aromatic heterocycles. The number of nitrogens with one attached hydrogen (secondary N) is 1. The number of carbonyl (C=O) groups excluding carboxylic acids is 1. The Balaban J connectivity index is 1.44. The summed E-state index contributed by atoms with van der Waals surface area (Å²) in [5, 5.41) is 11.4. The van der Waals surface area contributed by atoms with Crippen molar-refractivity contribution in [3.05, 3.63) is 71.2 Å². The van der Waals surface area contributed by atoms with Crippen LogP contribution in [0.3, 0.4) is 0 Å². The Morgan fingerprint density at radius 2 is 2.07 bits per heavy atom. The van der Waals surface area contributed by atoms with Crippen molar-refractivity contribution >= 4 is 5.91 Å². The summed E-state index contributed by atoms with van der Waals surface area (Å²) in [6, 6.07) is 7.12. The van der Waals surface area contributed by atoms with E-state index in [1.165, 1.54) is 12.3 Å². The second-order valence-electron chi connectivity index (χ2n) is 7.04. The molecule has 3 heterocycles. The molecule has 7 nitrogen and oxygen atoms in total. The molecule has 0 saturated heterocycles. The lowest BCUT2D eigenvalue weighted by Crippen LogP contribution is -2.30. The van der Waals surface area contributed by atoms with Crippen molar-refractivity contribution in [1.82, 2.24) is 25.0 Å². The van der Waals surface area contributed by atoms with Crippen LogP contribution in [0.2, 0.25) is 0 Å². The summed E-state index contributed by atoms with van der Waals surface area (Å²) in [6.07, 6.45) is 2.07. The second-order valence-corrected chi connectivity index (χ2v) is 7.04. The minimum absolute atomic E-state index is 0.232. The van der Waals surface area contributed by atoms with Crippen LogP contribution in [0.1, 0.15) is 40.7 Å². The summed E-state index contributed by atoms with van der Waals surface area (Å²) in [6.45, 7) is 4.04. The van der Waals surface area contributed by atoms with Crippen LogP contribution in [-0.2, 0) is 19.5 Å². The van der Waals surface area contributed by atoms with E-state index in [-0.39, 0.29) is 17.7 Å². The van der Waals surface area contributed by atoms with Crippen molar-refractivity contribution in [1.29, 1.82) is 0 Å². The van der Waals surface area contributed by atoms with Gasteiger partial charge in [0.15, 0.2) is 23.2 Å². The van der Waals surface area contributed by atoms with Crippen LogP contribution in [0, 0.1) is 11.6 Å². The third-order valence-corrected chi connectivity index (χ3v) is 5.05. The summed E-state index contributed by atoms with van der Waals surface area (Å²) in [7, 11) is 0. The summed E-state index contributed by atoms with van der Waals surface area (Å²) >= 11 is 0. The van der Waals surface area contributed by atoms with E-state index in [0.717, 1.165) is 11.9 Å². The van der Waals surface area contributed by atoms with Gasteiger partial charge in [0.1, 0.15) is 5.82 Å². The first-order valence-electron chi connectivity index (χ1n) is 9.44. The summed E-state index contributed by atoms with van der Waals surface area (Å²) in [5.74, 6) is -0.267. The van der Waals surface area contributed by atoms with Gasteiger partial charge in [-0.1, -0.05) is 12.1 Å². The molecule has 0 bridgehead atoms. The van der Waals surface area contributed by atoms with Crippen LogP contribution in [0.15, 0.2) is 41.0 Å². The number of halogens is 2. The molecule has 3 aromatic rings. The molecule has 0 saturated carbocycles. The number of hydrogen-bond donors (Lipinski definition) is 1. The number of aromatic nitrogens is 3. The summed E-state index contributed by atoms with van der Waals surface area (Å²) in [5.41, 5.74) is 0.335. The van der Waals surface area contributed by atoms with Crippen LogP contribution < -0.4 is 5.32 Å². The fraction of sp³-hybridized carbons (Fsp3) is 0.350. The predicted octanol–water partition coefficient (Wildman–Crippen LogP) is 2.70. The summed E-state index contributed by atoms with van der Waals surface area (Å²) in [4.78, 5) is 14.3. The molecule has 0 fully saturated rings. The van der Waals surface area contributed by atoms with E-state index in [2.05, 4.69) is 20.4 Å². The van der Waals surface area contributed by atoms with Gasteiger partial charge in [-0.2, -0.15) is 0 Å². The number of nitrogens with zero attached hydrogens (tertiary/aromatic N) is 4. The van der Waals surface area contributed by atoms with Crippen LogP contribution in [0.25, 0.3) is 0 Å². The van der Waals surface area contributed by atoms with E-state index >= 15 is 0 Å². The maximum atomic E-state index is 14.0. The number of fused-ring (bicyclic) bond motifs is 1. The Morgan fingerprint density at radius 1 is 1.21 bits per heavy atom. The van der Waals surface area contributed by atoms with Crippen molar-refractivity contribution in [2.45, 2.75) is 32.5 Å². The largest absolute Gasteiger partial charge is 0.459 e. The molecule has 1 aliphatic heterocycles. The van der Waals surface area contributed by atoms with Crippen molar-refractivity contribution in [2.75, 3.05) is 13.1 Å². The Kier molecular flexibility index (Phi) is 5.39. The average Bonchev–Trinajstić information content (AvgIpc) is 3.34. The van der Waals surface area contributed by atoms with Gasteiger partial charge in [0.2, 0.25) is 0 Å². The zero-order valence-corrected chi connectivity index (χ0v) is 15.9. The fourth-order valence-electron chi connectivity index (χ4n) is 3.52. The van der Waals surface area contributed by atoms with Gasteiger partial charge in [0.25, 0.3) is 5.91 Å². The predicted molar refractivity (Wildman–Crippen MR) is 100.0 cm³/mol. The first kappa shape index (κ1) is 19.3. The smallest absolute Gasteiger partial charge is 0.287 e. The minimum Gasteiger partial charge on any atom is -0.459 e. The van der Waals surface area contributed by atoms with E-state index in [1.807, 2.05) is 11.5 Å². The van der Waals surface area contributed by atoms with Crippen molar-refractivity contribution < 1.29 is 18.0 Å². The normalized spacial score (nSPS) is 15.6. The molecular weight excluding hydrogens is 380 g/mol. The Labute approximate surface area is 166 Å². The number of amides is 1. The standard InChI is InChI=1S/C20H21F2N5O2/c1-13(23-20(28)16-6-3-11-29-16)19-25-24-17-7-8-26(9-10-27(17)19)12-14-4-2-5-15(21)18(14)22/h2-6,11,13H,7-10,12H2,1H3,(H,23,28). The maximum Gasteiger partial charge on any atom is 0.287 e. The summed E-state index contributed by atoms with van der Waals surface area (Å²) < 4.78 is 34.6. The molecule has 1 N–H and O–H groups in total. The van der Waals surface area contributed by atoms with Crippen molar-refractivity contribution in [3.63, 3.8) is 0 Å². The SMILES string of the molecule is CC(NC(=O)c1ccco1)c1nnc2n1CCN(Cc1cccc(F)c1F)CC2. The number of rotatable bonds is 5. The molecular formula is C20H21F2N5O2. The van der Waals surface area contributed by atoms with E-state index in [4.69, 9.17) is 4.42 Å². The van der Waals surface area contributed by atoms with Crippen molar-refractivity contribution in [2.24, 2.45) is 0 Å². The Bertz CT molecular complexity index is 1000. The molecule has 29 heavy (non-hydrogen) atoms. The molecule has 4 rings (SSSR count). The third-order valence-electron chi connectivity index (χ3n) is 5.05. The lowest BCUT2D eigenvalue weighted by atomic mass is 10.2. The van der Waals surface area contributed by atoms with Gasteiger partial charge in [-0.3, -0.25) is 9.69 Å². The fourth-order valence-corrected chi connectivity index (χ4v) is 3.52. The maximum absolute atomic E-state index is 14.0. The molecule has 1 unspecified atom stereocenters. The number of hydrogen-bond acceptors (Lipinski definition) is 5. The molecule has 1 aromatic carbocycles. The van der Waals surface area contributed by atoms with Crippen molar-refractivity contribution in [3.8, 4) is 0 Å². The van der Waals surface area contributed by atoms with Crippen LogP contribution in [0.4, 0.5) is 8.78 Å². The van der Waals surface area contributed by atoms with E-state index in [0.29, 0.717) is 44.0 Å². The lowest BCUT2D eigenvalue weighted by Gasteiger charge is -2.20. The van der Waals surface area contributed by atoms with Gasteiger partial charge in [0.05, 0.1) is 12.3 Å². The highest BCUT2D eigenvalue weighted by Crippen LogP contribution is 2.19. The van der Waals surface area contributed by atoms with Gasteiger partial charge >= 0.3 is 0 Å². The van der Waals surface area contributed by atoms with Crippen LogP contribution in [0.5, 0.6) is 0 Å². The number of benzene rings is 1. The first-order chi connectivity index (χ1) is 14.0. The molecule has 1 aliphatic rings. The van der Waals surface area contributed by atoms with Crippen LogP contribution in [-0.4, -0.2) is 38.7 Å². The first-order valence-corrected chi connectivity index (χ1v) is 9.44. The highest BCUT2D eigenvalue weighted by molar-refractivity contribution is 5.91. The number of furan rings is 1. The Hall–Kier alpha value is -3.07. The molecule has 9 heteroatoms. The van der Waals surface area contributed by atoms with Crippen LogP contribution >= 0.6 is 0 Å². The lowest BCUT2D eigenvalue weighted by molar-refractivity contribution is 0.0909. The van der Waals surface area contributed by atoms with E-state index in [1.54, 1.807) is 18.2 Å². The van der Waals surface area contributed by atoms with Gasteiger partial charge in [-0.25, -0.2) is 8.78 Å². The van der Waals surface area contributed by atoms with E-state index < -0.39 is 11.6 Å². The number of carbonyl (C=O) groups is 1. The van der Waals surface area contributed by atoms with Gasteiger partial charge in [-0.05, 0) is 25.1 Å². The zero-order chi connectivity index (χ0) is 20.4. The van der Waals surface area contributed by atoms with Gasteiger partial charge in [-0.15, -0.1) is 10.2 Å². The highest BCUT2D eigenvalue weighted by atomic mass is 19.2. The van der Waals surface area contributed by atoms with Gasteiger partial charge < -0.3 is 14.3 Å². The Morgan fingerprint density at radius 3 is 2.86 bits per heavy atom. The van der Waals surface area contributed by atoms with E-state index in [9.17, 15) is 13.6 Å². The monoisotopic (exact) mass is 401 g/mol. The molecule has 1 atom stereocenters. The second kappa shape index (κ2) is 8.12. The quantitative estimate of drug-likeness (QED) is 0.712. The van der Waals surface area contributed by atoms with Gasteiger partial charge in [0, 0.05) is 38.2 Å². The topological polar surface area (TPSA) is 76.2 Å².